The van der Waals surface area contributed by atoms with E-state index in [0.29, 0.717) is 12.1 Å². The smallest absolute Gasteiger partial charge is 0.508 e. The monoisotopic (exact) mass is 371 g/mol. The maximum Gasteiger partial charge on any atom is 0.541 e. The third kappa shape index (κ3) is 5.56. The van der Waals surface area contributed by atoms with E-state index in [0.717, 1.165) is 5.56 Å². The summed E-state index contributed by atoms with van der Waals surface area (Å²) in [5.41, 5.74) is 4.16. The third-order valence-electron chi connectivity index (χ3n) is 4.03. The molecule has 1 atom stereocenters. The molecular weight excluding hydrogens is 344 g/mol. The molecule has 2 rings (SSSR count). The number of ether oxygens (including phenoxy) is 1. The van der Waals surface area contributed by atoms with Gasteiger partial charge in [-0.25, -0.2) is 0 Å². The molecule has 0 heterocycles. The summed E-state index contributed by atoms with van der Waals surface area (Å²) >= 11 is 0. The first-order valence-electron chi connectivity index (χ1n) is 9.06. The molecule has 0 fully saturated rings. The van der Waals surface area contributed by atoms with Gasteiger partial charge in [-0.05, 0) is 43.3 Å². The number of benzene rings is 2. The van der Waals surface area contributed by atoms with Crippen LogP contribution < -0.4 is 5.43 Å². The second-order valence-electron chi connectivity index (χ2n) is 6.87. The highest BCUT2D eigenvalue weighted by Gasteiger charge is 2.42. The zero-order valence-corrected chi connectivity index (χ0v) is 16.0. The molecule has 2 aromatic rings. The van der Waals surface area contributed by atoms with Gasteiger partial charge in [-0.2, -0.15) is 10.2 Å². The zero-order chi connectivity index (χ0) is 19.9. The summed E-state index contributed by atoms with van der Waals surface area (Å²) < 4.78 is 4.95. The highest BCUT2D eigenvalue weighted by Crippen LogP contribution is 2.20. The van der Waals surface area contributed by atoms with Gasteiger partial charge in [0.05, 0.1) is 6.61 Å². The number of carbonyl (C=O) groups is 2. The van der Waals surface area contributed by atoms with Gasteiger partial charge >= 0.3 is 6.09 Å². The molecule has 0 saturated heterocycles. The summed E-state index contributed by atoms with van der Waals surface area (Å²) in [7, 11) is 0. The predicted octanol–water partition coefficient (Wildman–Crippen LogP) is 3.87. The van der Waals surface area contributed by atoms with Gasteiger partial charge < -0.3 is 9.84 Å². The minimum Gasteiger partial charge on any atom is -0.508 e. The zero-order valence-electron chi connectivity index (χ0n) is 16.0. The Bertz CT molecular complexity index is 760. The van der Waals surface area contributed by atoms with E-state index < -0.39 is 6.09 Å². The average molecular weight is 371 g/mol. The van der Waals surface area contributed by atoms with Crippen LogP contribution in [0.25, 0.3) is 0 Å². The Kier molecular flexibility index (Phi) is 6.96. The summed E-state index contributed by atoms with van der Waals surface area (Å²) in [5, 5.41) is 9.52. The fraction of sp³-hybridized carbons (Fsp3) is 0.333. The summed E-state index contributed by atoms with van der Waals surface area (Å²) in [6.07, 6.45) is -0.511. The van der Waals surface area contributed by atoms with Gasteiger partial charge in [-0.3, -0.25) is 4.79 Å². The Labute approximate surface area is 159 Å². The lowest BCUT2D eigenvalue weighted by Crippen LogP contribution is -2.64. The van der Waals surface area contributed by atoms with E-state index in [1.165, 1.54) is 0 Å². The van der Waals surface area contributed by atoms with Crippen LogP contribution in [0, 0.1) is 5.92 Å². The molecule has 0 spiro atoms. The quantitative estimate of drug-likeness (QED) is 0.597. The summed E-state index contributed by atoms with van der Waals surface area (Å²) in [5.74, 6) is -0.0733. The van der Waals surface area contributed by atoms with Crippen LogP contribution in [0.3, 0.4) is 0 Å². The summed E-state index contributed by atoms with van der Waals surface area (Å²) in [4.78, 5) is 25.7. The van der Waals surface area contributed by atoms with Crippen molar-refractivity contribution >= 4 is 12.0 Å². The normalized spacial score (nSPS) is 13.0. The fourth-order valence-electron chi connectivity index (χ4n) is 2.97. The van der Waals surface area contributed by atoms with Crippen molar-refractivity contribution < 1.29 is 24.0 Å². The number of amides is 2. The van der Waals surface area contributed by atoms with E-state index in [2.05, 4.69) is 5.43 Å². The fourth-order valence-corrected chi connectivity index (χ4v) is 2.97. The molecule has 2 amide bonds. The minimum atomic E-state index is -0.511. The van der Waals surface area contributed by atoms with Crippen molar-refractivity contribution in [2.75, 3.05) is 13.2 Å². The molecule has 0 aliphatic rings. The standard InChI is InChI=1S/C21H26N2O4/c1-4-27-21(26)23(14-16(2)3,15-17-10-12-19(24)13-11-17)22-20(25)18-8-6-5-7-9-18/h5-13,16H,4,14-15H2,1-3H3,(H-,22,24,25)/p+1/t23-/m0/s1. The molecule has 6 nitrogen and oxygen atoms in total. The first-order valence-corrected chi connectivity index (χ1v) is 9.06. The lowest BCUT2D eigenvalue weighted by atomic mass is 10.1. The van der Waals surface area contributed by atoms with Gasteiger partial charge in [0.2, 0.25) is 0 Å². The number of phenols is 1. The predicted molar refractivity (Wildman–Crippen MR) is 103 cm³/mol. The van der Waals surface area contributed by atoms with Crippen LogP contribution in [0.1, 0.15) is 36.7 Å². The second kappa shape index (κ2) is 9.19. The van der Waals surface area contributed by atoms with E-state index in [1.54, 1.807) is 55.5 Å². The SMILES string of the molecule is CCOC(=O)[N@@+](Cc1ccc(O)cc1)(CC(C)C)NC(=O)c1ccccc1. The summed E-state index contributed by atoms with van der Waals surface area (Å²) in [6.45, 7) is 6.51. The molecule has 0 saturated carbocycles. The average Bonchev–Trinajstić information content (AvgIpc) is 2.64. The number of hydrogen-bond acceptors (Lipinski definition) is 4. The largest absolute Gasteiger partial charge is 0.541 e. The molecular formula is C21H27N2O4+. The lowest BCUT2D eigenvalue weighted by Gasteiger charge is -2.34. The lowest BCUT2D eigenvalue weighted by molar-refractivity contribution is -0.908. The maximum atomic E-state index is 12.9. The number of nitrogens with zero attached hydrogens (tertiary/aromatic N) is 1. The van der Waals surface area contributed by atoms with Crippen molar-refractivity contribution in [3.8, 4) is 5.75 Å². The molecule has 0 radical (unpaired) electrons. The van der Waals surface area contributed by atoms with E-state index in [9.17, 15) is 14.7 Å². The molecule has 27 heavy (non-hydrogen) atoms. The van der Waals surface area contributed by atoms with Crippen LogP contribution >= 0.6 is 0 Å². The molecule has 6 heteroatoms. The number of hydrogen-bond donors (Lipinski definition) is 2. The number of carbonyl (C=O) groups excluding carboxylic acids is 2. The van der Waals surface area contributed by atoms with Crippen LogP contribution in [0.2, 0.25) is 0 Å². The third-order valence-corrected chi connectivity index (χ3v) is 4.03. The van der Waals surface area contributed by atoms with E-state index in [1.807, 2.05) is 19.9 Å². The molecule has 144 valence electrons. The topological polar surface area (TPSA) is 75.6 Å². The molecule has 0 aliphatic carbocycles. The van der Waals surface area contributed by atoms with Gasteiger partial charge in [-0.1, -0.05) is 32.0 Å². The van der Waals surface area contributed by atoms with Crippen molar-refractivity contribution in [3.05, 3.63) is 65.7 Å². The van der Waals surface area contributed by atoms with E-state index in [4.69, 9.17) is 4.74 Å². The first-order chi connectivity index (χ1) is 12.9. The van der Waals surface area contributed by atoms with Crippen LogP contribution in [-0.4, -0.2) is 34.9 Å². The highest BCUT2D eigenvalue weighted by atomic mass is 16.6. The van der Waals surface area contributed by atoms with Crippen molar-refractivity contribution in [2.45, 2.75) is 27.3 Å². The van der Waals surface area contributed by atoms with Gasteiger partial charge in [-0.15, -0.1) is 4.59 Å². The minimum absolute atomic E-state index is 0.127. The number of rotatable bonds is 6. The molecule has 0 aliphatic heterocycles. The first kappa shape index (κ1) is 20.5. The van der Waals surface area contributed by atoms with Gasteiger partial charge in [0.15, 0.2) is 0 Å². The van der Waals surface area contributed by atoms with Crippen LogP contribution in [-0.2, 0) is 11.3 Å². The highest BCUT2D eigenvalue weighted by molar-refractivity contribution is 5.93. The van der Waals surface area contributed by atoms with E-state index >= 15 is 0 Å². The van der Waals surface area contributed by atoms with Crippen LogP contribution in [0.4, 0.5) is 4.79 Å². The Morgan fingerprint density at radius 2 is 1.70 bits per heavy atom. The van der Waals surface area contributed by atoms with Crippen molar-refractivity contribution in [1.29, 1.82) is 0 Å². The van der Waals surface area contributed by atoms with Crippen molar-refractivity contribution in [1.82, 2.24) is 5.43 Å². The Balaban J connectivity index is 2.40. The van der Waals surface area contributed by atoms with Crippen molar-refractivity contribution in [2.24, 2.45) is 5.92 Å². The van der Waals surface area contributed by atoms with Crippen LogP contribution in [0.5, 0.6) is 5.75 Å². The summed E-state index contributed by atoms with van der Waals surface area (Å²) in [6, 6.07) is 15.4. The molecule has 0 aromatic heterocycles. The maximum absolute atomic E-state index is 12.9. The number of nitrogens with one attached hydrogen (secondary N) is 1. The Hall–Kier alpha value is -2.86. The molecule has 2 aromatic carbocycles. The number of aromatic hydroxyl groups is 1. The van der Waals surface area contributed by atoms with Gasteiger partial charge in [0.25, 0.3) is 5.91 Å². The molecule has 0 bridgehead atoms. The molecule has 0 unspecified atom stereocenters. The van der Waals surface area contributed by atoms with Gasteiger partial charge in [0.1, 0.15) is 18.8 Å². The number of quaternary nitrogens is 1. The number of phenolic OH excluding ortho intramolecular Hbond substituents is 1. The van der Waals surface area contributed by atoms with Crippen LogP contribution in [0.15, 0.2) is 54.6 Å². The Morgan fingerprint density at radius 1 is 1.07 bits per heavy atom. The van der Waals surface area contributed by atoms with E-state index in [-0.39, 0.29) is 35.3 Å². The molecule has 2 N–H and O–H groups in total. The Morgan fingerprint density at radius 3 is 2.26 bits per heavy atom. The second-order valence-corrected chi connectivity index (χ2v) is 6.87. The van der Waals surface area contributed by atoms with Crippen molar-refractivity contribution in [3.63, 3.8) is 0 Å². The van der Waals surface area contributed by atoms with Gasteiger partial charge in [0, 0.05) is 17.0 Å².